The summed E-state index contributed by atoms with van der Waals surface area (Å²) >= 11 is 0. The van der Waals surface area contributed by atoms with E-state index in [1.54, 1.807) is 18.7 Å². The minimum absolute atomic E-state index is 0.0356. The Kier molecular flexibility index (Phi) is 8.56. The first-order valence-electron chi connectivity index (χ1n) is 12.4. The number of nitrogens with one attached hydrogen (secondary N) is 1. The van der Waals surface area contributed by atoms with Gasteiger partial charge in [0, 0.05) is 18.3 Å². The molecule has 3 rings (SSSR count). The fourth-order valence-corrected chi connectivity index (χ4v) is 6.62. The predicted octanol–water partition coefficient (Wildman–Crippen LogP) is 3.63. The van der Waals surface area contributed by atoms with Crippen molar-refractivity contribution in [2.45, 2.75) is 90.1 Å². The summed E-state index contributed by atoms with van der Waals surface area (Å²) in [4.78, 5) is 28.9. The second-order valence-corrected chi connectivity index (χ2v) is 11.7. The predicted molar refractivity (Wildman–Crippen MR) is 132 cm³/mol. The number of para-hydroxylation sites is 1. The average molecular weight is 478 g/mol. The summed E-state index contributed by atoms with van der Waals surface area (Å²) in [5, 5.41) is 3.20. The van der Waals surface area contributed by atoms with Crippen molar-refractivity contribution >= 4 is 27.5 Å². The topological polar surface area (TPSA) is 86.8 Å². The van der Waals surface area contributed by atoms with Crippen molar-refractivity contribution in [2.75, 3.05) is 23.7 Å². The second kappa shape index (κ2) is 11.0. The molecule has 1 aromatic carbocycles. The Morgan fingerprint density at radius 1 is 1.09 bits per heavy atom. The third-order valence-electron chi connectivity index (χ3n) is 6.94. The zero-order valence-corrected chi connectivity index (χ0v) is 21.1. The van der Waals surface area contributed by atoms with Gasteiger partial charge in [0.15, 0.2) is 0 Å². The highest BCUT2D eigenvalue weighted by Crippen LogP contribution is 2.34. The molecule has 1 aromatic rings. The van der Waals surface area contributed by atoms with Gasteiger partial charge >= 0.3 is 0 Å². The number of carbonyl (C=O) groups is 2. The van der Waals surface area contributed by atoms with E-state index in [9.17, 15) is 18.0 Å². The lowest BCUT2D eigenvalue weighted by molar-refractivity contribution is -0.133. The van der Waals surface area contributed by atoms with Crippen molar-refractivity contribution in [3.8, 4) is 0 Å². The van der Waals surface area contributed by atoms with E-state index in [0.717, 1.165) is 31.2 Å². The molecule has 1 saturated heterocycles. The van der Waals surface area contributed by atoms with E-state index in [1.807, 2.05) is 31.2 Å². The molecule has 0 spiro atoms. The minimum atomic E-state index is -3.63. The Hall–Kier alpha value is -1.93. The van der Waals surface area contributed by atoms with Crippen LogP contribution in [0.5, 0.6) is 0 Å². The van der Waals surface area contributed by atoms with Crippen LogP contribution in [-0.4, -0.2) is 55.0 Å². The summed E-state index contributed by atoms with van der Waals surface area (Å²) in [5.74, 6) is -0.674. The molecule has 1 saturated carbocycles. The molecule has 0 unspecified atom stereocenters. The molecule has 7 nitrogen and oxygen atoms in total. The number of carbonyl (C=O) groups excluding carboxylic acids is 2. The normalized spacial score (nSPS) is 23.7. The number of nitrogens with zero attached hydrogens (tertiary/aromatic N) is 2. The smallest absolute Gasteiger partial charge is 0.247 e. The molecule has 8 heteroatoms. The zero-order chi connectivity index (χ0) is 24.1. The third kappa shape index (κ3) is 5.77. The molecular formula is C25H39N3O4S. The molecule has 184 valence electrons. The number of anilines is 1. The Morgan fingerprint density at radius 2 is 1.73 bits per heavy atom. The SMILES string of the molecule is CCCS(=O)(=O)N1CC(=O)N(c2ccccc2CC)[C@](C)(C(=O)NC2CCCCCCC2)C1. The van der Waals surface area contributed by atoms with Crippen LogP contribution in [0.3, 0.4) is 0 Å². The quantitative estimate of drug-likeness (QED) is 0.650. The van der Waals surface area contributed by atoms with Gasteiger partial charge in [-0.25, -0.2) is 8.42 Å². The number of amides is 2. The van der Waals surface area contributed by atoms with Crippen molar-refractivity contribution in [1.29, 1.82) is 0 Å². The maximum Gasteiger partial charge on any atom is 0.247 e. The number of sulfonamides is 1. The number of rotatable bonds is 7. The Balaban J connectivity index is 1.98. The van der Waals surface area contributed by atoms with Gasteiger partial charge < -0.3 is 5.32 Å². The summed E-state index contributed by atoms with van der Waals surface area (Å²) in [6, 6.07) is 7.63. The van der Waals surface area contributed by atoms with Crippen LogP contribution in [0.2, 0.25) is 0 Å². The molecule has 0 aromatic heterocycles. The summed E-state index contributed by atoms with van der Waals surface area (Å²) in [6.45, 7) is 5.23. The van der Waals surface area contributed by atoms with Crippen LogP contribution in [0, 0.1) is 0 Å². The van der Waals surface area contributed by atoms with E-state index < -0.39 is 15.6 Å². The zero-order valence-electron chi connectivity index (χ0n) is 20.3. The highest BCUT2D eigenvalue weighted by molar-refractivity contribution is 7.89. The van der Waals surface area contributed by atoms with E-state index in [1.165, 1.54) is 23.6 Å². The van der Waals surface area contributed by atoms with Gasteiger partial charge in [-0.15, -0.1) is 0 Å². The average Bonchev–Trinajstić information content (AvgIpc) is 2.75. The number of hydrogen-bond acceptors (Lipinski definition) is 4. The molecule has 0 radical (unpaired) electrons. The maximum atomic E-state index is 13.8. The van der Waals surface area contributed by atoms with Crippen LogP contribution in [0.15, 0.2) is 24.3 Å². The van der Waals surface area contributed by atoms with Crippen LogP contribution in [0.25, 0.3) is 0 Å². The molecule has 2 aliphatic rings. The van der Waals surface area contributed by atoms with Crippen LogP contribution < -0.4 is 10.2 Å². The van der Waals surface area contributed by atoms with Gasteiger partial charge in [0.25, 0.3) is 0 Å². The summed E-state index contributed by atoms with van der Waals surface area (Å²) in [7, 11) is -3.63. The molecular weight excluding hydrogens is 438 g/mol. The highest BCUT2D eigenvalue weighted by Gasteiger charge is 2.51. The summed E-state index contributed by atoms with van der Waals surface area (Å²) in [5.41, 5.74) is 0.317. The van der Waals surface area contributed by atoms with E-state index >= 15 is 0 Å². The Bertz CT molecular complexity index is 941. The van der Waals surface area contributed by atoms with Crippen molar-refractivity contribution in [1.82, 2.24) is 9.62 Å². The lowest BCUT2D eigenvalue weighted by Crippen LogP contribution is -2.71. The first kappa shape index (κ1) is 25.7. The second-order valence-electron chi connectivity index (χ2n) is 9.58. The molecule has 2 fully saturated rings. The van der Waals surface area contributed by atoms with Gasteiger partial charge in [0.2, 0.25) is 21.8 Å². The van der Waals surface area contributed by atoms with E-state index in [0.29, 0.717) is 18.5 Å². The van der Waals surface area contributed by atoms with Crippen LogP contribution in [-0.2, 0) is 26.0 Å². The first-order valence-corrected chi connectivity index (χ1v) is 14.0. The number of aryl methyl sites for hydroxylation is 1. The standard InChI is InChI=1S/C25H39N3O4S/c1-4-17-33(31,32)27-18-23(29)28(22-16-12-11-13-20(22)5-2)25(3,19-27)24(30)26-21-14-9-7-6-8-10-15-21/h11-13,16,21H,4-10,14-15,17-19H2,1-3H3,(H,26,30)/t25-/m0/s1. The maximum absolute atomic E-state index is 13.8. The fraction of sp³-hybridized carbons (Fsp3) is 0.680. The fourth-order valence-electron chi connectivity index (χ4n) is 5.09. The van der Waals surface area contributed by atoms with Crippen LogP contribution in [0.1, 0.15) is 77.7 Å². The third-order valence-corrected chi connectivity index (χ3v) is 8.91. The first-order chi connectivity index (χ1) is 15.7. The summed E-state index contributed by atoms with van der Waals surface area (Å²) in [6.07, 6.45) is 8.71. The molecule has 33 heavy (non-hydrogen) atoms. The molecule has 1 atom stereocenters. The molecule has 1 aliphatic carbocycles. The van der Waals surface area contributed by atoms with Crippen LogP contribution >= 0.6 is 0 Å². The van der Waals surface area contributed by atoms with Gasteiger partial charge in [-0.1, -0.05) is 64.2 Å². The van der Waals surface area contributed by atoms with E-state index in [4.69, 9.17) is 0 Å². The van der Waals surface area contributed by atoms with Crippen molar-refractivity contribution in [2.24, 2.45) is 0 Å². The van der Waals surface area contributed by atoms with Crippen molar-refractivity contribution in [3.05, 3.63) is 29.8 Å². The van der Waals surface area contributed by atoms with E-state index in [2.05, 4.69) is 5.32 Å². The van der Waals surface area contributed by atoms with E-state index in [-0.39, 0.29) is 36.7 Å². The van der Waals surface area contributed by atoms with Gasteiger partial charge in [-0.05, 0) is 44.2 Å². The number of piperazine rings is 1. The molecule has 1 heterocycles. The Morgan fingerprint density at radius 3 is 2.36 bits per heavy atom. The van der Waals surface area contributed by atoms with Crippen molar-refractivity contribution in [3.63, 3.8) is 0 Å². The van der Waals surface area contributed by atoms with Crippen molar-refractivity contribution < 1.29 is 18.0 Å². The van der Waals surface area contributed by atoms with Gasteiger partial charge in [0.05, 0.1) is 12.3 Å². The monoisotopic (exact) mass is 477 g/mol. The van der Waals surface area contributed by atoms with Crippen LogP contribution in [0.4, 0.5) is 5.69 Å². The lowest BCUT2D eigenvalue weighted by atomic mass is 9.91. The molecule has 2 amide bonds. The Labute approximate surface area is 199 Å². The summed E-state index contributed by atoms with van der Waals surface area (Å²) < 4.78 is 27.0. The molecule has 1 aliphatic heterocycles. The van der Waals surface area contributed by atoms with Gasteiger partial charge in [-0.2, -0.15) is 4.31 Å². The number of benzene rings is 1. The number of hydrogen-bond donors (Lipinski definition) is 1. The molecule has 1 N–H and O–H groups in total. The largest absolute Gasteiger partial charge is 0.351 e. The minimum Gasteiger partial charge on any atom is -0.351 e. The molecule has 0 bridgehead atoms. The lowest BCUT2D eigenvalue weighted by Gasteiger charge is -2.47. The highest BCUT2D eigenvalue weighted by atomic mass is 32.2. The van der Waals surface area contributed by atoms with Gasteiger partial charge in [-0.3, -0.25) is 14.5 Å². The van der Waals surface area contributed by atoms with Gasteiger partial charge in [0.1, 0.15) is 5.54 Å².